The van der Waals surface area contributed by atoms with Crippen LogP contribution in [0.5, 0.6) is 0 Å². The molecule has 5 aromatic rings. The predicted octanol–water partition coefficient (Wildman–Crippen LogP) is 5.42. The van der Waals surface area contributed by atoms with Crippen molar-refractivity contribution in [1.29, 1.82) is 0 Å². The largest absolute Gasteiger partial charge is 0.352 e. The molecule has 0 unspecified atom stereocenters. The van der Waals surface area contributed by atoms with Crippen molar-refractivity contribution in [2.24, 2.45) is 0 Å². The number of fused-ring (bicyclic) bond motifs is 1. The van der Waals surface area contributed by atoms with Gasteiger partial charge in [0.25, 0.3) is 5.91 Å². The van der Waals surface area contributed by atoms with E-state index >= 15 is 0 Å². The summed E-state index contributed by atoms with van der Waals surface area (Å²) >= 11 is 5.97. The second-order valence-corrected chi connectivity index (χ2v) is 8.37. The number of carbonyl (C=O) groups excluding carboxylic acids is 1. The maximum atomic E-state index is 13.4. The summed E-state index contributed by atoms with van der Waals surface area (Å²) in [6.45, 7) is 2.38. The van der Waals surface area contributed by atoms with E-state index in [2.05, 4.69) is 15.4 Å². The number of carbonyl (C=O) groups is 1. The Hall–Kier alpha value is -4.03. The molecule has 5 rings (SSSR count). The molecule has 0 bridgehead atoms. The van der Waals surface area contributed by atoms with Gasteiger partial charge in [-0.15, -0.1) is 0 Å². The van der Waals surface area contributed by atoms with Gasteiger partial charge in [-0.25, -0.2) is 9.97 Å². The van der Waals surface area contributed by atoms with E-state index in [1.165, 1.54) is 0 Å². The van der Waals surface area contributed by atoms with E-state index in [1.54, 1.807) is 10.9 Å². The van der Waals surface area contributed by atoms with Gasteiger partial charge in [0.05, 0.1) is 22.3 Å². The summed E-state index contributed by atoms with van der Waals surface area (Å²) in [5, 5.41) is 9.14. The second-order valence-electron chi connectivity index (χ2n) is 7.94. The average molecular weight is 468 g/mol. The molecule has 0 aliphatic rings. The van der Waals surface area contributed by atoms with E-state index in [1.807, 2.05) is 85.8 Å². The van der Waals surface area contributed by atoms with Crippen molar-refractivity contribution >= 4 is 28.5 Å². The van der Waals surface area contributed by atoms with Crippen LogP contribution < -0.4 is 5.32 Å². The zero-order valence-corrected chi connectivity index (χ0v) is 19.3. The Morgan fingerprint density at radius 3 is 2.50 bits per heavy atom. The quantitative estimate of drug-likeness (QED) is 0.362. The maximum Gasteiger partial charge on any atom is 0.252 e. The van der Waals surface area contributed by atoms with Crippen LogP contribution in [0.3, 0.4) is 0 Å². The molecule has 1 amide bonds. The molecule has 0 saturated heterocycles. The summed E-state index contributed by atoms with van der Waals surface area (Å²) in [6, 6.07) is 24.9. The zero-order valence-electron chi connectivity index (χ0n) is 18.6. The van der Waals surface area contributed by atoms with Crippen LogP contribution in [-0.4, -0.2) is 32.2 Å². The minimum Gasteiger partial charge on any atom is -0.352 e. The van der Waals surface area contributed by atoms with Crippen LogP contribution >= 0.6 is 11.6 Å². The first-order valence-corrected chi connectivity index (χ1v) is 11.4. The van der Waals surface area contributed by atoms with Crippen molar-refractivity contribution in [2.45, 2.75) is 13.3 Å². The van der Waals surface area contributed by atoms with Crippen LogP contribution in [0.4, 0.5) is 0 Å². The number of hydrogen-bond acceptors (Lipinski definition) is 4. The predicted molar refractivity (Wildman–Crippen MR) is 134 cm³/mol. The zero-order chi connectivity index (χ0) is 23.5. The van der Waals surface area contributed by atoms with E-state index in [4.69, 9.17) is 16.6 Å². The standard InChI is InChI=1S/C27H22ClN5O/c1-18-25-22(27(34)30-16-14-19-10-12-21(28)13-11-19)17-23(20-7-3-2-4-8-20)31-26(25)33(32-18)24-9-5-6-15-29-24/h2-13,15,17H,14,16H2,1H3,(H,30,34). The van der Waals surface area contributed by atoms with Gasteiger partial charge in [-0.1, -0.05) is 60.1 Å². The number of aromatic nitrogens is 4. The van der Waals surface area contributed by atoms with Crippen LogP contribution in [-0.2, 0) is 6.42 Å². The molecule has 3 heterocycles. The molecular formula is C27H22ClN5O. The van der Waals surface area contributed by atoms with E-state index < -0.39 is 0 Å². The van der Waals surface area contributed by atoms with Crippen LogP contribution in [0.2, 0.25) is 5.02 Å². The monoisotopic (exact) mass is 467 g/mol. The van der Waals surface area contributed by atoms with Crippen molar-refractivity contribution in [2.75, 3.05) is 6.54 Å². The lowest BCUT2D eigenvalue weighted by molar-refractivity contribution is 0.0955. The van der Waals surface area contributed by atoms with Gasteiger partial charge >= 0.3 is 0 Å². The van der Waals surface area contributed by atoms with Gasteiger partial charge in [-0.3, -0.25) is 4.79 Å². The Balaban J connectivity index is 1.55. The molecule has 6 nitrogen and oxygen atoms in total. The fourth-order valence-electron chi connectivity index (χ4n) is 3.93. The molecule has 2 aromatic carbocycles. The Morgan fingerprint density at radius 2 is 1.76 bits per heavy atom. The van der Waals surface area contributed by atoms with Crippen LogP contribution in [0.25, 0.3) is 28.1 Å². The molecule has 0 spiro atoms. The fourth-order valence-corrected chi connectivity index (χ4v) is 4.06. The van der Waals surface area contributed by atoms with Crippen molar-refractivity contribution < 1.29 is 4.79 Å². The minimum absolute atomic E-state index is 0.165. The summed E-state index contributed by atoms with van der Waals surface area (Å²) in [5.41, 5.74) is 4.59. The van der Waals surface area contributed by atoms with Crippen LogP contribution in [0.1, 0.15) is 21.6 Å². The molecule has 34 heavy (non-hydrogen) atoms. The van der Waals surface area contributed by atoms with Gasteiger partial charge in [0.2, 0.25) is 0 Å². The molecule has 0 atom stereocenters. The molecule has 0 radical (unpaired) electrons. The first-order valence-electron chi connectivity index (χ1n) is 11.0. The number of nitrogens with one attached hydrogen (secondary N) is 1. The third-order valence-corrected chi connectivity index (χ3v) is 5.86. The van der Waals surface area contributed by atoms with E-state index in [0.717, 1.165) is 16.8 Å². The summed E-state index contributed by atoms with van der Waals surface area (Å²) < 4.78 is 1.70. The number of aryl methyl sites for hydroxylation is 1. The molecule has 0 aliphatic heterocycles. The summed E-state index contributed by atoms with van der Waals surface area (Å²) in [5.74, 6) is 0.481. The van der Waals surface area contributed by atoms with E-state index in [-0.39, 0.29) is 5.91 Å². The number of hydrogen-bond donors (Lipinski definition) is 1. The Morgan fingerprint density at radius 1 is 1.00 bits per heavy atom. The third kappa shape index (κ3) is 4.40. The molecule has 0 fully saturated rings. The number of benzene rings is 2. The maximum absolute atomic E-state index is 13.4. The summed E-state index contributed by atoms with van der Waals surface area (Å²) in [4.78, 5) is 22.7. The molecule has 0 aliphatic carbocycles. The number of pyridine rings is 2. The SMILES string of the molecule is Cc1nn(-c2ccccn2)c2nc(-c3ccccc3)cc(C(=O)NCCc3ccc(Cl)cc3)c12. The normalized spacial score (nSPS) is 11.0. The molecule has 0 saturated carbocycles. The lowest BCUT2D eigenvalue weighted by Gasteiger charge is -2.10. The van der Waals surface area contributed by atoms with Gasteiger partial charge < -0.3 is 5.32 Å². The Labute approximate surface area is 202 Å². The fraction of sp³-hybridized carbons (Fsp3) is 0.111. The minimum atomic E-state index is -0.165. The molecule has 1 N–H and O–H groups in total. The van der Waals surface area contributed by atoms with Crippen LogP contribution in [0.15, 0.2) is 85.1 Å². The third-order valence-electron chi connectivity index (χ3n) is 5.61. The highest BCUT2D eigenvalue weighted by Gasteiger charge is 2.21. The van der Waals surface area contributed by atoms with E-state index in [0.29, 0.717) is 46.1 Å². The van der Waals surface area contributed by atoms with Gasteiger partial charge in [0, 0.05) is 23.3 Å². The van der Waals surface area contributed by atoms with Crippen molar-refractivity contribution in [3.8, 4) is 17.1 Å². The first-order chi connectivity index (χ1) is 16.6. The van der Waals surface area contributed by atoms with Crippen molar-refractivity contribution in [3.63, 3.8) is 0 Å². The van der Waals surface area contributed by atoms with Crippen LogP contribution in [0, 0.1) is 6.92 Å². The topological polar surface area (TPSA) is 72.7 Å². The number of nitrogens with zero attached hydrogens (tertiary/aromatic N) is 4. The van der Waals surface area contributed by atoms with Gasteiger partial charge in [0.15, 0.2) is 11.5 Å². The molecule has 7 heteroatoms. The lowest BCUT2D eigenvalue weighted by Crippen LogP contribution is -2.26. The first kappa shape index (κ1) is 21.8. The number of halogens is 1. The van der Waals surface area contributed by atoms with Gasteiger partial charge in [-0.05, 0) is 49.2 Å². The Bertz CT molecular complexity index is 1450. The number of amides is 1. The molecule has 168 valence electrons. The Kier molecular flexibility index (Phi) is 6.06. The number of rotatable bonds is 6. The molecule has 3 aromatic heterocycles. The molecular weight excluding hydrogens is 446 g/mol. The van der Waals surface area contributed by atoms with Gasteiger partial charge in [0.1, 0.15) is 0 Å². The highest BCUT2D eigenvalue weighted by Crippen LogP contribution is 2.28. The van der Waals surface area contributed by atoms with E-state index in [9.17, 15) is 4.79 Å². The highest BCUT2D eigenvalue weighted by atomic mass is 35.5. The second kappa shape index (κ2) is 9.45. The van der Waals surface area contributed by atoms with Crippen molar-refractivity contribution in [3.05, 3.63) is 107 Å². The summed E-state index contributed by atoms with van der Waals surface area (Å²) in [7, 11) is 0. The lowest BCUT2D eigenvalue weighted by atomic mass is 10.0. The average Bonchev–Trinajstić information content (AvgIpc) is 3.22. The smallest absolute Gasteiger partial charge is 0.252 e. The summed E-state index contributed by atoms with van der Waals surface area (Å²) in [6.07, 6.45) is 2.42. The van der Waals surface area contributed by atoms with Crippen molar-refractivity contribution in [1.82, 2.24) is 25.1 Å². The van der Waals surface area contributed by atoms with Gasteiger partial charge in [-0.2, -0.15) is 9.78 Å². The highest BCUT2D eigenvalue weighted by molar-refractivity contribution is 6.30.